The van der Waals surface area contributed by atoms with Gasteiger partial charge in [-0.2, -0.15) is 0 Å². The molecule has 0 aromatic heterocycles. The van der Waals surface area contributed by atoms with E-state index in [1.807, 2.05) is 37.3 Å². The van der Waals surface area contributed by atoms with E-state index in [0.717, 1.165) is 25.2 Å². The van der Waals surface area contributed by atoms with Crippen molar-refractivity contribution in [3.63, 3.8) is 0 Å². The first-order valence-corrected chi connectivity index (χ1v) is 4.70. The molecular formula is C11H14O2. The quantitative estimate of drug-likeness (QED) is 0.614. The van der Waals surface area contributed by atoms with E-state index in [2.05, 4.69) is 0 Å². The topological polar surface area (TPSA) is 18.5 Å². The normalized spacial score (nSPS) is 35.3. The predicted octanol–water partition coefficient (Wildman–Crippen LogP) is 2.54. The second-order valence-electron chi connectivity index (χ2n) is 3.29. The van der Waals surface area contributed by atoms with Crippen molar-refractivity contribution >= 4 is 0 Å². The van der Waals surface area contributed by atoms with Crippen molar-refractivity contribution in [2.75, 3.05) is 6.61 Å². The number of allylic oxidation sites excluding steroid dienone is 4. The highest BCUT2D eigenvalue weighted by atomic mass is 16.7. The van der Waals surface area contributed by atoms with Crippen molar-refractivity contribution < 1.29 is 9.47 Å². The zero-order valence-electron chi connectivity index (χ0n) is 7.82. The summed E-state index contributed by atoms with van der Waals surface area (Å²) in [6.07, 6.45) is 11.9. The maximum absolute atomic E-state index is 5.69. The van der Waals surface area contributed by atoms with Crippen LogP contribution in [0, 0.1) is 0 Å². The zero-order valence-corrected chi connectivity index (χ0v) is 7.82. The second-order valence-corrected chi connectivity index (χ2v) is 3.29. The number of hydrogen-bond donors (Lipinski definition) is 0. The van der Waals surface area contributed by atoms with Crippen molar-refractivity contribution in [2.45, 2.75) is 25.6 Å². The van der Waals surface area contributed by atoms with Crippen LogP contribution in [0.3, 0.4) is 0 Å². The summed E-state index contributed by atoms with van der Waals surface area (Å²) in [7, 11) is 0. The summed E-state index contributed by atoms with van der Waals surface area (Å²) >= 11 is 0. The SMILES string of the molecule is C/C=C/C=C1/C=CC2(CCCO2)O1. The van der Waals surface area contributed by atoms with E-state index >= 15 is 0 Å². The molecule has 0 radical (unpaired) electrons. The van der Waals surface area contributed by atoms with Gasteiger partial charge in [-0.05, 0) is 31.6 Å². The highest BCUT2D eigenvalue weighted by Gasteiger charge is 2.38. The van der Waals surface area contributed by atoms with Gasteiger partial charge in [0.2, 0.25) is 5.79 Å². The van der Waals surface area contributed by atoms with E-state index in [1.165, 1.54) is 0 Å². The largest absolute Gasteiger partial charge is 0.459 e. The molecule has 1 atom stereocenters. The summed E-state index contributed by atoms with van der Waals surface area (Å²) in [5.41, 5.74) is 0. The van der Waals surface area contributed by atoms with Gasteiger partial charge in [0.05, 0.1) is 6.61 Å². The fourth-order valence-corrected chi connectivity index (χ4v) is 1.60. The lowest BCUT2D eigenvalue weighted by atomic mass is 10.2. The smallest absolute Gasteiger partial charge is 0.230 e. The van der Waals surface area contributed by atoms with Gasteiger partial charge in [-0.25, -0.2) is 0 Å². The maximum Gasteiger partial charge on any atom is 0.230 e. The Morgan fingerprint density at radius 3 is 3.15 bits per heavy atom. The van der Waals surface area contributed by atoms with Crippen LogP contribution in [-0.4, -0.2) is 12.4 Å². The molecule has 70 valence electrons. The fourth-order valence-electron chi connectivity index (χ4n) is 1.60. The Bertz CT molecular complexity index is 268. The summed E-state index contributed by atoms with van der Waals surface area (Å²) in [5.74, 6) is 0.466. The maximum atomic E-state index is 5.69. The van der Waals surface area contributed by atoms with Gasteiger partial charge in [0.1, 0.15) is 5.76 Å². The molecular weight excluding hydrogens is 164 g/mol. The molecule has 0 aromatic rings. The van der Waals surface area contributed by atoms with Crippen LogP contribution in [0.15, 0.2) is 36.1 Å². The molecule has 0 N–H and O–H groups in total. The van der Waals surface area contributed by atoms with Crippen molar-refractivity contribution in [3.8, 4) is 0 Å². The molecule has 0 amide bonds. The molecule has 2 heteroatoms. The van der Waals surface area contributed by atoms with E-state index in [1.54, 1.807) is 0 Å². The monoisotopic (exact) mass is 178 g/mol. The minimum Gasteiger partial charge on any atom is -0.459 e. The van der Waals surface area contributed by atoms with Gasteiger partial charge in [0, 0.05) is 6.42 Å². The molecule has 1 unspecified atom stereocenters. The van der Waals surface area contributed by atoms with E-state index in [4.69, 9.17) is 9.47 Å². The van der Waals surface area contributed by atoms with Crippen LogP contribution in [0.1, 0.15) is 19.8 Å². The first-order chi connectivity index (χ1) is 6.35. The molecule has 2 aliphatic rings. The van der Waals surface area contributed by atoms with Gasteiger partial charge in [0.25, 0.3) is 0 Å². The van der Waals surface area contributed by atoms with Crippen LogP contribution in [0.25, 0.3) is 0 Å². The number of ether oxygens (including phenoxy) is 2. The molecule has 2 heterocycles. The predicted molar refractivity (Wildman–Crippen MR) is 51.0 cm³/mol. The van der Waals surface area contributed by atoms with Gasteiger partial charge in [-0.3, -0.25) is 0 Å². The minimum atomic E-state index is -0.423. The van der Waals surface area contributed by atoms with E-state index < -0.39 is 5.79 Å². The third-order valence-electron chi connectivity index (χ3n) is 2.26. The first-order valence-electron chi connectivity index (χ1n) is 4.70. The number of rotatable bonds is 1. The molecule has 0 aliphatic carbocycles. The van der Waals surface area contributed by atoms with Crippen LogP contribution in [0.4, 0.5) is 0 Å². The summed E-state index contributed by atoms with van der Waals surface area (Å²) in [4.78, 5) is 0. The Hall–Kier alpha value is -1.02. The Kier molecular flexibility index (Phi) is 2.23. The summed E-state index contributed by atoms with van der Waals surface area (Å²) in [6.45, 7) is 2.79. The average Bonchev–Trinajstić information content (AvgIpc) is 2.74. The third kappa shape index (κ3) is 1.68. The van der Waals surface area contributed by atoms with Crippen LogP contribution in [-0.2, 0) is 9.47 Å². The van der Waals surface area contributed by atoms with Crippen molar-refractivity contribution in [3.05, 3.63) is 36.1 Å². The Morgan fingerprint density at radius 2 is 2.46 bits per heavy atom. The molecule has 1 spiro atoms. The summed E-state index contributed by atoms with van der Waals surface area (Å²) in [6, 6.07) is 0. The summed E-state index contributed by atoms with van der Waals surface area (Å²) in [5, 5.41) is 0. The zero-order chi connectivity index (χ0) is 9.15. The van der Waals surface area contributed by atoms with Crippen LogP contribution < -0.4 is 0 Å². The molecule has 1 saturated heterocycles. The van der Waals surface area contributed by atoms with Crippen molar-refractivity contribution in [2.24, 2.45) is 0 Å². The molecule has 2 rings (SSSR count). The van der Waals surface area contributed by atoms with Crippen LogP contribution in [0.2, 0.25) is 0 Å². The molecule has 13 heavy (non-hydrogen) atoms. The average molecular weight is 178 g/mol. The lowest BCUT2D eigenvalue weighted by molar-refractivity contribution is -0.135. The molecule has 1 fully saturated rings. The highest BCUT2D eigenvalue weighted by molar-refractivity contribution is 5.26. The Morgan fingerprint density at radius 1 is 1.54 bits per heavy atom. The van der Waals surface area contributed by atoms with Crippen molar-refractivity contribution in [1.82, 2.24) is 0 Å². The fraction of sp³-hybridized carbons (Fsp3) is 0.455. The lowest BCUT2D eigenvalue weighted by Gasteiger charge is -2.20. The third-order valence-corrected chi connectivity index (χ3v) is 2.26. The van der Waals surface area contributed by atoms with Crippen LogP contribution in [0.5, 0.6) is 0 Å². The number of hydrogen-bond acceptors (Lipinski definition) is 2. The molecule has 2 nitrogen and oxygen atoms in total. The summed E-state index contributed by atoms with van der Waals surface area (Å²) < 4.78 is 11.2. The van der Waals surface area contributed by atoms with E-state index in [-0.39, 0.29) is 0 Å². The van der Waals surface area contributed by atoms with Crippen molar-refractivity contribution in [1.29, 1.82) is 0 Å². The molecule has 2 aliphatic heterocycles. The first kappa shape index (κ1) is 8.57. The molecule has 0 aromatic carbocycles. The standard InChI is InChI=1S/C11H14O2/c1-2-3-5-10-6-8-11(13-10)7-4-9-12-11/h2-3,5-6,8H,4,7,9H2,1H3/b3-2+,10-5-. The second kappa shape index (κ2) is 3.38. The van der Waals surface area contributed by atoms with Gasteiger partial charge >= 0.3 is 0 Å². The highest BCUT2D eigenvalue weighted by Crippen LogP contribution is 2.35. The van der Waals surface area contributed by atoms with Gasteiger partial charge < -0.3 is 9.47 Å². The molecule has 0 saturated carbocycles. The van der Waals surface area contributed by atoms with E-state index in [0.29, 0.717) is 0 Å². The Labute approximate surface area is 78.5 Å². The van der Waals surface area contributed by atoms with Gasteiger partial charge in [-0.15, -0.1) is 0 Å². The molecule has 0 bridgehead atoms. The minimum absolute atomic E-state index is 0.423. The van der Waals surface area contributed by atoms with E-state index in [9.17, 15) is 0 Å². The van der Waals surface area contributed by atoms with Crippen LogP contribution >= 0.6 is 0 Å². The van der Waals surface area contributed by atoms with Gasteiger partial charge in [-0.1, -0.05) is 12.2 Å². The Balaban J connectivity index is 2.06. The van der Waals surface area contributed by atoms with Gasteiger partial charge in [0.15, 0.2) is 0 Å². The lowest BCUT2D eigenvalue weighted by Crippen LogP contribution is -2.24.